The number of carboxylic acid groups (broad SMARTS) is 1. The van der Waals surface area contributed by atoms with Crippen LogP contribution in [0.2, 0.25) is 0 Å². The summed E-state index contributed by atoms with van der Waals surface area (Å²) in [4.78, 5) is 20.6. The van der Waals surface area contributed by atoms with Crippen molar-refractivity contribution in [3.63, 3.8) is 0 Å². The lowest BCUT2D eigenvalue weighted by atomic mass is 9.75. The lowest BCUT2D eigenvalue weighted by molar-refractivity contribution is -0.718. The number of nitrogens with one attached hydrogen (secondary N) is 2. The molecule has 0 radical (unpaired) electrons. The molecule has 3 heterocycles. The summed E-state index contributed by atoms with van der Waals surface area (Å²) in [5.41, 5.74) is 1.95. The summed E-state index contributed by atoms with van der Waals surface area (Å²) < 4.78 is 60.4. The maximum atomic E-state index is 15.8. The van der Waals surface area contributed by atoms with Crippen LogP contribution >= 0.6 is 11.8 Å². The largest absolute Gasteiger partial charge is 0.481 e. The number of carboxylic acids is 1. The lowest BCUT2D eigenvalue weighted by Crippen LogP contribution is -2.35. The number of benzene rings is 3. The van der Waals surface area contributed by atoms with Gasteiger partial charge in [0.15, 0.2) is 9.84 Å². The third kappa shape index (κ3) is 7.37. The second-order valence-electron chi connectivity index (χ2n) is 14.6. The van der Waals surface area contributed by atoms with E-state index in [9.17, 15) is 18.3 Å². The Morgan fingerprint density at radius 3 is 2.62 bits per heavy atom. The number of nitrogens with zero attached hydrogens (tertiary/aromatic N) is 2. The number of halogens is 2. The van der Waals surface area contributed by atoms with Gasteiger partial charge in [0, 0.05) is 22.0 Å². The second-order valence-corrected chi connectivity index (χ2v) is 17.9. The highest BCUT2D eigenvalue weighted by Gasteiger charge is 2.40. The van der Waals surface area contributed by atoms with Crippen LogP contribution in [-0.4, -0.2) is 46.1 Å². The molecule has 0 saturated heterocycles. The van der Waals surface area contributed by atoms with Gasteiger partial charge in [-0.2, -0.15) is 9.78 Å². The van der Waals surface area contributed by atoms with Crippen molar-refractivity contribution in [2.75, 3.05) is 11.5 Å². The van der Waals surface area contributed by atoms with Gasteiger partial charge < -0.3 is 10.1 Å². The third-order valence-corrected chi connectivity index (χ3v) is 13.1. The lowest BCUT2D eigenvalue weighted by Gasteiger charge is -2.29. The highest BCUT2D eigenvalue weighted by atomic mass is 32.2. The van der Waals surface area contributed by atoms with Crippen LogP contribution in [0.5, 0.6) is 0 Å². The number of aliphatic carboxylic acids is 1. The zero-order chi connectivity index (χ0) is 36.0. The van der Waals surface area contributed by atoms with Gasteiger partial charge >= 0.3 is 11.8 Å². The van der Waals surface area contributed by atoms with Gasteiger partial charge in [-0.05, 0) is 90.0 Å². The van der Waals surface area contributed by atoms with Crippen molar-refractivity contribution >= 4 is 38.5 Å². The van der Waals surface area contributed by atoms with Gasteiger partial charge in [0.25, 0.3) is 5.82 Å². The fourth-order valence-corrected chi connectivity index (χ4v) is 10.2. The topological polar surface area (TPSA) is 120 Å². The summed E-state index contributed by atoms with van der Waals surface area (Å²) in [6.45, 7) is 7.66. The van der Waals surface area contributed by atoms with Crippen molar-refractivity contribution < 1.29 is 31.8 Å². The third-order valence-electron chi connectivity index (χ3n) is 9.93. The molecule has 0 spiro atoms. The molecule has 2 aromatic heterocycles. The van der Waals surface area contributed by atoms with Gasteiger partial charge in [0.1, 0.15) is 24.2 Å². The molecule has 1 aliphatic rings. The number of aryl methyl sites for hydroxylation is 2. The van der Waals surface area contributed by atoms with Crippen LogP contribution in [0.1, 0.15) is 69.5 Å². The number of hydrogen-bond acceptors (Lipinski definition) is 5. The highest BCUT2D eigenvalue weighted by Crippen LogP contribution is 2.41. The van der Waals surface area contributed by atoms with Gasteiger partial charge in [0.05, 0.1) is 27.7 Å². The molecule has 3 N–H and O–H groups in total. The quantitative estimate of drug-likeness (QED) is 0.165. The minimum atomic E-state index is -3.54. The van der Waals surface area contributed by atoms with E-state index >= 15 is 8.78 Å². The van der Waals surface area contributed by atoms with Gasteiger partial charge in [-0.1, -0.05) is 63.2 Å². The van der Waals surface area contributed by atoms with E-state index in [4.69, 9.17) is 4.98 Å². The fourth-order valence-electron chi connectivity index (χ4n) is 7.14. The van der Waals surface area contributed by atoms with Crippen LogP contribution in [0.4, 0.5) is 8.78 Å². The van der Waals surface area contributed by atoms with Crippen LogP contribution in [0.3, 0.4) is 0 Å². The summed E-state index contributed by atoms with van der Waals surface area (Å²) in [6, 6.07) is 15.6. The van der Waals surface area contributed by atoms with Crippen molar-refractivity contribution in [1.29, 1.82) is 0 Å². The molecule has 0 amide bonds. The summed E-state index contributed by atoms with van der Waals surface area (Å²) >= 11 is 1.14. The minimum Gasteiger partial charge on any atom is -0.481 e. The number of hydrogen-bond donors (Lipinski definition) is 3. The van der Waals surface area contributed by atoms with E-state index in [-0.39, 0.29) is 23.5 Å². The maximum absolute atomic E-state index is 15.8. The van der Waals surface area contributed by atoms with E-state index in [1.807, 2.05) is 44.2 Å². The highest BCUT2D eigenvalue weighted by molar-refractivity contribution is 7.99. The summed E-state index contributed by atoms with van der Waals surface area (Å²) in [5, 5.41) is 13.7. The molecule has 2 unspecified atom stereocenters. The molecule has 0 aliphatic carbocycles. The van der Waals surface area contributed by atoms with E-state index in [1.54, 1.807) is 37.0 Å². The molecule has 264 valence electrons. The molecule has 5 aromatic rings. The standard InChI is InChI=1S/C38H42F2N4O4S2/c1-23(35(45)46)18-24-8-6-9-25(19-24)38(4)15-7-14-37(2,3)22-50(47,48)17-13-28-27-12-16-41-32(27)21-31(40)33(28)49-26-10-11-30(39)29(20-26)34-42-36(38)43-44(34)5/h6,8-12,16,19-21,23,41H,7,13-15,17-18,22H2,1-5H3,(H,45,46)/p+1. The van der Waals surface area contributed by atoms with Crippen molar-refractivity contribution in [2.24, 2.45) is 18.4 Å². The van der Waals surface area contributed by atoms with Crippen molar-refractivity contribution in [3.8, 4) is 11.4 Å². The van der Waals surface area contributed by atoms with Gasteiger partial charge in [-0.3, -0.25) is 4.79 Å². The normalized spacial score (nSPS) is 20.1. The molecule has 2 atom stereocenters. The Morgan fingerprint density at radius 1 is 1.08 bits per heavy atom. The van der Waals surface area contributed by atoms with Crippen LogP contribution in [0.15, 0.2) is 70.6 Å². The van der Waals surface area contributed by atoms with Crippen molar-refractivity contribution in [1.82, 2.24) is 15.1 Å². The molecule has 12 heteroatoms. The van der Waals surface area contributed by atoms with Crippen LogP contribution < -0.4 is 4.68 Å². The predicted molar refractivity (Wildman–Crippen MR) is 191 cm³/mol. The average molecular weight is 722 g/mol. The zero-order valence-electron chi connectivity index (χ0n) is 28.9. The summed E-state index contributed by atoms with van der Waals surface area (Å²) in [6.07, 6.45) is 4.07. The first kappa shape index (κ1) is 35.8. The molecule has 50 heavy (non-hydrogen) atoms. The van der Waals surface area contributed by atoms with Crippen LogP contribution in [0.25, 0.3) is 22.3 Å². The Labute approximate surface area is 295 Å². The second kappa shape index (κ2) is 13.6. The number of H-pyrrole nitrogens is 2. The first-order chi connectivity index (χ1) is 23.5. The SMILES string of the molecule is CC(Cc1cccc(C2(C)CCCC(C)(C)CS(=O)(=O)CCc3c(c(F)cc4[nH]ccc34)Sc3ccc(F)c(c3)-c3nc2[nH][n+]3C)c1)C(=O)O. The smallest absolute Gasteiger partial charge is 0.353 e. The summed E-state index contributed by atoms with van der Waals surface area (Å²) in [7, 11) is -1.77. The number of aromatic amines is 2. The molecule has 8 nitrogen and oxygen atoms in total. The molecular formula is C38H43F2N4O4S2+. The molecule has 0 fully saturated rings. The number of rotatable bonds is 4. The van der Waals surface area contributed by atoms with Crippen molar-refractivity contribution in [2.45, 2.75) is 75.0 Å². The number of sulfone groups is 1. The van der Waals surface area contributed by atoms with Crippen molar-refractivity contribution in [3.05, 3.63) is 94.9 Å². The van der Waals surface area contributed by atoms with E-state index < -0.39 is 44.2 Å². The van der Waals surface area contributed by atoms with E-state index in [0.29, 0.717) is 58.2 Å². The Kier molecular flexibility index (Phi) is 9.73. The molecular weight excluding hydrogens is 679 g/mol. The first-order valence-corrected chi connectivity index (χ1v) is 19.4. The Balaban J connectivity index is 1.50. The number of fused-ring (bicyclic) bond motifs is 8. The van der Waals surface area contributed by atoms with Gasteiger partial charge in [-0.15, -0.1) is 0 Å². The molecule has 1 aliphatic heterocycles. The van der Waals surface area contributed by atoms with E-state index in [1.165, 1.54) is 12.1 Å². The molecule has 0 saturated carbocycles. The monoisotopic (exact) mass is 721 g/mol. The Morgan fingerprint density at radius 2 is 1.86 bits per heavy atom. The average Bonchev–Trinajstić information content (AvgIpc) is 3.67. The fraction of sp³-hybridized carbons (Fsp3) is 0.395. The summed E-state index contributed by atoms with van der Waals surface area (Å²) in [5.74, 6) is -1.60. The molecule has 6 rings (SSSR count). The Bertz CT molecular complexity index is 2190. The van der Waals surface area contributed by atoms with Crippen LogP contribution in [0, 0.1) is 23.0 Å². The van der Waals surface area contributed by atoms with Gasteiger partial charge in [-0.25, -0.2) is 17.2 Å². The van der Waals surface area contributed by atoms with E-state index in [0.717, 1.165) is 28.3 Å². The zero-order valence-corrected chi connectivity index (χ0v) is 30.6. The van der Waals surface area contributed by atoms with Crippen LogP contribution in [-0.2, 0) is 39.9 Å². The molecule has 3 aromatic carbocycles. The maximum Gasteiger partial charge on any atom is 0.353 e. The minimum absolute atomic E-state index is 0.0193. The first-order valence-electron chi connectivity index (χ1n) is 16.8. The van der Waals surface area contributed by atoms with Gasteiger partial charge in [0.2, 0.25) is 0 Å². The Hall–Kier alpha value is -4.03. The number of aromatic nitrogens is 4. The predicted octanol–water partition coefficient (Wildman–Crippen LogP) is 7.55. The van der Waals surface area contributed by atoms with E-state index in [2.05, 4.69) is 17.0 Å². The number of carbonyl (C=O) groups is 1. The molecule has 4 bridgehead atoms.